The molecule has 1 amide bonds. The average Bonchev–Trinajstić information content (AvgIpc) is 3.38. The van der Waals surface area contributed by atoms with Crippen LogP contribution in [0.25, 0.3) is 20.9 Å². The smallest absolute Gasteiger partial charge is 0.227 e. The number of carbonyl (C=O) groups excluding carboxylic acids is 1. The van der Waals surface area contributed by atoms with E-state index in [0.29, 0.717) is 31.1 Å². The predicted molar refractivity (Wildman–Crippen MR) is 102 cm³/mol. The molecule has 0 aliphatic carbocycles. The van der Waals surface area contributed by atoms with Crippen molar-refractivity contribution in [2.45, 2.75) is 19.3 Å². The summed E-state index contributed by atoms with van der Waals surface area (Å²) in [7, 11) is 0. The lowest BCUT2D eigenvalue weighted by Gasteiger charge is -2.02. The zero-order valence-electron chi connectivity index (χ0n) is 13.8. The van der Waals surface area contributed by atoms with Crippen LogP contribution in [-0.2, 0) is 17.6 Å². The van der Waals surface area contributed by atoms with Gasteiger partial charge in [0.05, 0.1) is 20.1 Å². The predicted octanol–water partition coefficient (Wildman–Crippen LogP) is 3.70. The van der Waals surface area contributed by atoms with Gasteiger partial charge in [-0.1, -0.05) is 23.4 Å². The fourth-order valence-corrected chi connectivity index (χ4v) is 4.12. The van der Waals surface area contributed by atoms with E-state index in [1.165, 1.54) is 4.70 Å². The number of carbonyl (C=O) groups is 1. The highest BCUT2D eigenvalue weighted by molar-refractivity contribution is 7.18. The van der Waals surface area contributed by atoms with Gasteiger partial charge in [0.25, 0.3) is 0 Å². The van der Waals surface area contributed by atoms with Gasteiger partial charge in [0.15, 0.2) is 0 Å². The Morgan fingerprint density at radius 1 is 1.12 bits per heavy atom. The molecular weight excluding hydrogens is 368 g/mol. The Labute approximate surface area is 157 Å². The normalized spacial score (nSPS) is 11.1. The number of amides is 1. The Kier molecular flexibility index (Phi) is 5.03. The average molecular weight is 384 g/mol. The highest BCUT2D eigenvalue weighted by atomic mass is 32.1. The maximum atomic E-state index is 12.0. The molecule has 0 bridgehead atoms. The molecule has 0 aliphatic rings. The highest BCUT2D eigenvalue weighted by Crippen LogP contribution is 2.22. The van der Waals surface area contributed by atoms with Crippen molar-refractivity contribution < 1.29 is 9.32 Å². The third kappa shape index (κ3) is 3.97. The number of hydrogen-bond acceptors (Lipinski definition) is 7. The number of thiophene rings is 1. The molecule has 6 nitrogen and oxygen atoms in total. The van der Waals surface area contributed by atoms with Crippen LogP contribution in [0.5, 0.6) is 0 Å². The van der Waals surface area contributed by atoms with Gasteiger partial charge in [0, 0.05) is 25.8 Å². The van der Waals surface area contributed by atoms with Gasteiger partial charge in [0.2, 0.25) is 17.6 Å². The summed E-state index contributed by atoms with van der Waals surface area (Å²) in [6.45, 7) is 0.572. The van der Waals surface area contributed by atoms with Crippen LogP contribution in [0.2, 0.25) is 0 Å². The molecule has 8 heteroatoms. The summed E-state index contributed by atoms with van der Waals surface area (Å²) >= 11 is 3.22. The maximum Gasteiger partial charge on any atom is 0.227 e. The van der Waals surface area contributed by atoms with E-state index in [1.807, 2.05) is 35.7 Å². The van der Waals surface area contributed by atoms with Gasteiger partial charge in [0.1, 0.15) is 0 Å². The molecule has 0 aliphatic heterocycles. The summed E-state index contributed by atoms with van der Waals surface area (Å²) < 4.78 is 6.38. The number of benzene rings is 1. The Morgan fingerprint density at radius 2 is 2.04 bits per heavy atom. The molecule has 0 spiro atoms. The third-order valence-corrected chi connectivity index (χ3v) is 5.74. The Morgan fingerprint density at radius 3 is 2.88 bits per heavy atom. The van der Waals surface area contributed by atoms with Gasteiger partial charge in [-0.05, 0) is 23.6 Å². The van der Waals surface area contributed by atoms with Crippen LogP contribution < -0.4 is 5.32 Å². The molecule has 0 unspecified atom stereocenters. The number of para-hydroxylation sites is 1. The first kappa shape index (κ1) is 16.9. The van der Waals surface area contributed by atoms with Crippen LogP contribution in [0, 0.1) is 0 Å². The molecule has 26 heavy (non-hydrogen) atoms. The van der Waals surface area contributed by atoms with Crippen molar-refractivity contribution in [3.05, 3.63) is 52.7 Å². The number of aromatic nitrogens is 3. The lowest BCUT2D eigenvalue weighted by Crippen LogP contribution is -2.25. The highest BCUT2D eigenvalue weighted by Gasteiger charge is 2.11. The number of rotatable bonds is 7. The zero-order chi connectivity index (χ0) is 17.8. The fraction of sp³-hybridized carbons (Fsp3) is 0.222. The lowest BCUT2D eigenvalue weighted by atomic mass is 10.3. The minimum absolute atomic E-state index is 0.0259. The van der Waals surface area contributed by atoms with Crippen molar-refractivity contribution in [1.29, 1.82) is 0 Å². The number of thiazole rings is 1. The molecule has 0 saturated heterocycles. The van der Waals surface area contributed by atoms with E-state index in [9.17, 15) is 4.79 Å². The first-order valence-corrected chi connectivity index (χ1v) is 9.95. The van der Waals surface area contributed by atoms with E-state index in [1.54, 1.807) is 22.7 Å². The van der Waals surface area contributed by atoms with Crippen molar-refractivity contribution in [2.75, 3.05) is 6.54 Å². The second-order valence-electron chi connectivity index (χ2n) is 5.66. The van der Waals surface area contributed by atoms with Crippen molar-refractivity contribution in [1.82, 2.24) is 20.4 Å². The van der Waals surface area contributed by atoms with Crippen LogP contribution in [0.3, 0.4) is 0 Å². The first-order valence-electron chi connectivity index (χ1n) is 8.25. The van der Waals surface area contributed by atoms with E-state index >= 15 is 0 Å². The number of fused-ring (bicyclic) bond motifs is 1. The molecule has 132 valence electrons. The van der Waals surface area contributed by atoms with Crippen LogP contribution in [0.1, 0.15) is 17.3 Å². The SMILES string of the molecule is O=C(CCc1nc(-c2cccs2)no1)NCCc1nc2ccccc2s1. The monoisotopic (exact) mass is 384 g/mol. The lowest BCUT2D eigenvalue weighted by molar-refractivity contribution is -0.121. The number of nitrogens with zero attached hydrogens (tertiary/aromatic N) is 3. The molecule has 0 atom stereocenters. The van der Waals surface area contributed by atoms with E-state index in [0.717, 1.165) is 21.8 Å². The first-order chi connectivity index (χ1) is 12.8. The zero-order valence-corrected chi connectivity index (χ0v) is 15.5. The fourth-order valence-electron chi connectivity index (χ4n) is 2.51. The number of nitrogens with one attached hydrogen (secondary N) is 1. The van der Waals surface area contributed by atoms with E-state index in [4.69, 9.17) is 4.52 Å². The molecular formula is C18H16N4O2S2. The molecule has 4 aromatic rings. The van der Waals surface area contributed by atoms with Crippen LogP contribution >= 0.6 is 22.7 Å². The van der Waals surface area contributed by atoms with Gasteiger partial charge in [-0.15, -0.1) is 22.7 Å². The standard InChI is InChI=1S/C18H16N4O2S2/c23-15(7-8-16-21-18(22-24-16)14-6-3-11-25-14)19-10-9-17-20-12-4-1-2-5-13(12)26-17/h1-6,11H,7-10H2,(H,19,23). The van der Waals surface area contributed by atoms with Gasteiger partial charge in [-0.3, -0.25) is 4.79 Å². The summed E-state index contributed by atoms with van der Waals surface area (Å²) in [6.07, 6.45) is 1.49. The van der Waals surface area contributed by atoms with E-state index in [-0.39, 0.29) is 5.91 Å². The summed E-state index contributed by atoms with van der Waals surface area (Å²) in [5.74, 6) is 1.03. The number of hydrogen-bond donors (Lipinski definition) is 1. The van der Waals surface area contributed by atoms with Crippen molar-refractivity contribution in [3.63, 3.8) is 0 Å². The largest absolute Gasteiger partial charge is 0.356 e. The van der Waals surface area contributed by atoms with Gasteiger partial charge >= 0.3 is 0 Å². The molecule has 1 N–H and O–H groups in total. The second kappa shape index (κ2) is 7.76. The van der Waals surface area contributed by atoms with E-state index in [2.05, 4.69) is 26.5 Å². The summed E-state index contributed by atoms with van der Waals surface area (Å²) in [4.78, 5) is 21.8. The summed E-state index contributed by atoms with van der Waals surface area (Å²) in [5.41, 5.74) is 1.01. The van der Waals surface area contributed by atoms with Crippen LogP contribution in [0.4, 0.5) is 0 Å². The van der Waals surface area contributed by atoms with Gasteiger partial charge in [-0.25, -0.2) is 4.98 Å². The van der Waals surface area contributed by atoms with Crippen molar-refractivity contribution in [3.8, 4) is 10.7 Å². The van der Waals surface area contributed by atoms with Crippen LogP contribution in [-0.4, -0.2) is 27.6 Å². The molecule has 3 heterocycles. The van der Waals surface area contributed by atoms with Gasteiger partial charge < -0.3 is 9.84 Å². The maximum absolute atomic E-state index is 12.0. The summed E-state index contributed by atoms with van der Waals surface area (Å²) in [6, 6.07) is 11.9. The molecule has 1 aromatic carbocycles. The van der Waals surface area contributed by atoms with Crippen LogP contribution in [0.15, 0.2) is 46.3 Å². The topological polar surface area (TPSA) is 80.9 Å². The Bertz CT molecular complexity index is 974. The molecule has 0 radical (unpaired) electrons. The Balaban J connectivity index is 1.23. The summed E-state index contributed by atoms with van der Waals surface area (Å²) in [5, 5.41) is 9.86. The molecule has 4 rings (SSSR count). The molecule has 0 saturated carbocycles. The minimum Gasteiger partial charge on any atom is -0.356 e. The number of aryl methyl sites for hydroxylation is 1. The van der Waals surface area contributed by atoms with Crippen molar-refractivity contribution >= 4 is 38.8 Å². The minimum atomic E-state index is -0.0259. The molecule has 0 fully saturated rings. The molecule has 3 aromatic heterocycles. The second-order valence-corrected chi connectivity index (χ2v) is 7.73. The van der Waals surface area contributed by atoms with Crippen molar-refractivity contribution in [2.24, 2.45) is 0 Å². The third-order valence-electron chi connectivity index (χ3n) is 3.77. The Hall–Kier alpha value is -2.58. The van der Waals surface area contributed by atoms with Gasteiger partial charge in [-0.2, -0.15) is 4.98 Å². The quantitative estimate of drug-likeness (QED) is 0.525. The van der Waals surface area contributed by atoms with E-state index < -0.39 is 0 Å².